The van der Waals surface area contributed by atoms with E-state index in [1.165, 1.54) is 45.3 Å². The molecule has 0 amide bonds. The second-order valence-electron chi connectivity index (χ2n) is 5.80. The van der Waals surface area contributed by atoms with Gasteiger partial charge in [0.05, 0.1) is 6.10 Å². The van der Waals surface area contributed by atoms with E-state index in [0.717, 1.165) is 19.1 Å². The van der Waals surface area contributed by atoms with Crippen LogP contribution in [0, 0.1) is 5.92 Å². The molecule has 2 aliphatic rings. The van der Waals surface area contributed by atoms with Gasteiger partial charge in [-0.2, -0.15) is 0 Å². The molecule has 0 aromatic carbocycles. The van der Waals surface area contributed by atoms with Crippen molar-refractivity contribution >= 4 is 0 Å². The molecule has 0 saturated carbocycles. The third-order valence-electron chi connectivity index (χ3n) is 4.10. The zero-order chi connectivity index (χ0) is 12.1. The lowest BCUT2D eigenvalue weighted by Gasteiger charge is -2.33. The fourth-order valence-electron chi connectivity index (χ4n) is 3.00. The van der Waals surface area contributed by atoms with Crippen LogP contribution in [0.5, 0.6) is 0 Å². The number of nitrogens with zero attached hydrogens (tertiary/aromatic N) is 1. The maximum absolute atomic E-state index is 5.76. The number of hydrogen-bond donors (Lipinski definition) is 1. The van der Waals surface area contributed by atoms with E-state index in [1.54, 1.807) is 0 Å². The molecule has 2 heterocycles. The van der Waals surface area contributed by atoms with Gasteiger partial charge in [-0.1, -0.05) is 13.8 Å². The molecule has 100 valence electrons. The number of ether oxygens (including phenoxy) is 1. The SMILES string of the molecule is CCC1CCN(CC2CCCO2)CC(C)CN1. The van der Waals surface area contributed by atoms with E-state index in [1.807, 2.05) is 0 Å². The van der Waals surface area contributed by atoms with Crippen molar-refractivity contribution in [1.29, 1.82) is 0 Å². The Morgan fingerprint density at radius 3 is 2.94 bits per heavy atom. The third-order valence-corrected chi connectivity index (χ3v) is 4.10. The van der Waals surface area contributed by atoms with Gasteiger partial charge >= 0.3 is 0 Å². The van der Waals surface area contributed by atoms with Crippen LogP contribution in [0.3, 0.4) is 0 Å². The molecule has 3 nitrogen and oxygen atoms in total. The molecule has 2 aliphatic heterocycles. The minimum atomic E-state index is 0.509. The van der Waals surface area contributed by atoms with Gasteiger partial charge in [-0.05, 0) is 44.7 Å². The molecular weight excluding hydrogens is 212 g/mol. The Morgan fingerprint density at radius 1 is 1.35 bits per heavy atom. The molecule has 3 unspecified atom stereocenters. The Balaban J connectivity index is 1.81. The van der Waals surface area contributed by atoms with Crippen LogP contribution in [0.15, 0.2) is 0 Å². The van der Waals surface area contributed by atoms with Crippen molar-refractivity contribution in [2.75, 3.05) is 32.8 Å². The summed E-state index contributed by atoms with van der Waals surface area (Å²) in [4.78, 5) is 2.63. The molecule has 0 aliphatic carbocycles. The Bertz CT molecular complexity index is 216. The Kier molecular flexibility index (Phi) is 5.26. The molecular formula is C14H28N2O. The van der Waals surface area contributed by atoms with Gasteiger partial charge in [-0.15, -0.1) is 0 Å². The molecule has 0 aromatic heterocycles. The molecule has 0 radical (unpaired) electrons. The number of nitrogens with one attached hydrogen (secondary N) is 1. The maximum Gasteiger partial charge on any atom is 0.0702 e. The van der Waals surface area contributed by atoms with Crippen LogP contribution < -0.4 is 5.32 Å². The molecule has 3 heteroatoms. The van der Waals surface area contributed by atoms with Gasteiger partial charge in [0.2, 0.25) is 0 Å². The summed E-state index contributed by atoms with van der Waals surface area (Å²) in [5, 5.41) is 3.68. The number of rotatable bonds is 3. The lowest BCUT2D eigenvalue weighted by Crippen LogP contribution is -2.45. The minimum absolute atomic E-state index is 0.509. The van der Waals surface area contributed by atoms with Crippen LogP contribution in [0.4, 0.5) is 0 Å². The lowest BCUT2D eigenvalue weighted by atomic mass is 10.0. The molecule has 0 spiro atoms. The Morgan fingerprint density at radius 2 is 2.24 bits per heavy atom. The summed E-state index contributed by atoms with van der Waals surface area (Å²) < 4.78 is 5.76. The summed E-state index contributed by atoms with van der Waals surface area (Å²) in [6.07, 6.45) is 5.57. The second-order valence-corrected chi connectivity index (χ2v) is 5.80. The first-order chi connectivity index (χ1) is 8.28. The summed E-state index contributed by atoms with van der Waals surface area (Å²) in [6.45, 7) is 10.4. The smallest absolute Gasteiger partial charge is 0.0702 e. The molecule has 2 saturated heterocycles. The van der Waals surface area contributed by atoms with Crippen LogP contribution in [0.25, 0.3) is 0 Å². The van der Waals surface area contributed by atoms with Crippen molar-refractivity contribution in [2.45, 2.75) is 51.7 Å². The van der Waals surface area contributed by atoms with Gasteiger partial charge in [0.25, 0.3) is 0 Å². The normalized spacial score (nSPS) is 36.7. The second kappa shape index (κ2) is 6.72. The first kappa shape index (κ1) is 13.3. The van der Waals surface area contributed by atoms with E-state index >= 15 is 0 Å². The summed E-state index contributed by atoms with van der Waals surface area (Å²) in [5.41, 5.74) is 0. The number of hydrogen-bond acceptors (Lipinski definition) is 3. The zero-order valence-electron chi connectivity index (χ0n) is 11.5. The van der Waals surface area contributed by atoms with E-state index < -0.39 is 0 Å². The predicted octanol–water partition coefficient (Wildman–Crippen LogP) is 1.88. The largest absolute Gasteiger partial charge is 0.377 e. The summed E-state index contributed by atoms with van der Waals surface area (Å²) >= 11 is 0. The van der Waals surface area contributed by atoms with Crippen molar-refractivity contribution in [3.05, 3.63) is 0 Å². The van der Waals surface area contributed by atoms with E-state index in [2.05, 4.69) is 24.1 Å². The Hall–Kier alpha value is -0.120. The van der Waals surface area contributed by atoms with Crippen LogP contribution >= 0.6 is 0 Å². The van der Waals surface area contributed by atoms with Crippen molar-refractivity contribution in [3.63, 3.8) is 0 Å². The fraction of sp³-hybridized carbons (Fsp3) is 1.00. The van der Waals surface area contributed by atoms with E-state index in [4.69, 9.17) is 4.74 Å². The quantitative estimate of drug-likeness (QED) is 0.815. The molecule has 0 bridgehead atoms. The van der Waals surface area contributed by atoms with Gasteiger partial charge in [0.15, 0.2) is 0 Å². The van der Waals surface area contributed by atoms with Gasteiger partial charge in [-0.3, -0.25) is 0 Å². The van der Waals surface area contributed by atoms with Gasteiger partial charge in [0.1, 0.15) is 0 Å². The van der Waals surface area contributed by atoms with E-state index in [9.17, 15) is 0 Å². The molecule has 2 fully saturated rings. The molecule has 2 rings (SSSR count). The third kappa shape index (κ3) is 4.23. The predicted molar refractivity (Wildman–Crippen MR) is 71.3 cm³/mol. The highest BCUT2D eigenvalue weighted by Crippen LogP contribution is 2.16. The van der Waals surface area contributed by atoms with Crippen LogP contribution in [0.1, 0.15) is 39.5 Å². The van der Waals surface area contributed by atoms with Crippen molar-refractivity contribution < 1.29 is 4.74 Å². The van der Waals surface area contributed by atoms with Gasteiger partial charge in [0, 0.05) is 25.7 Å². The van der Waals surface area contributed by atoms with Crippen LogP contribution in [0.2, 0.25) is 0 Å². The summed E-state index contributed by atoms with van der Waals surface area (Å²) in [5.74, 6) is 0.755. The van der Waals surface area contributed by atoms with Gasteiger partial charge < -0.3 is 15.0 Å². The highest BCUT2D eigenvalue weighted by Gasteiger charge is 2.22. The highest BCUT2D eigenvalue weighted by molar-refractivity contribution is 4.78. The van der Waals surface area contributed by atoms with Crippen molar-refractivity contribution in [1.82, 2.24) is 10.2 Å². The first-order valence-corrected chi connectivity index (χ1v) is 7.35. The van der Waals surface area contributed by atoms with Gasteiger partial charge in [-0.25, -0.2) is 0 Å². The van der Waals surface area contributed by atoms with Crippen LogP contribution in [-0.2, 0) is 4.74 Å². The minimum Gasteiger partial charge on any atom is -0.377 e. The van der Waals surface area contributed by atoms with Crippen molar-refractivity contribution in [2.24, 2.45) is 5.92 Å². The lowest BCUT2D eigenvalue weighted by molar-refractivity contribution is 0.0635. The first-order valence-electron chi connectivity index (χ1n) is 7.35. The fourth-order valence-corrected chi connectivity index (χ4v) is 3.00. The molecule has 0 aromatic rings. The molecule has 1 N–H and O–H groups in total. The molecule has 17 heavy (non-hydrogen) atoms. The monoisotopic (exact) mass is 240 g/mol. The Labute approximate surface area is 106 Å². The van der Waals surface area contributed by atoms with Crippen molar-refractivity contribution in [3.8, 4) is 0 Å². The molecule has 3 atom stereocenters. The standard InChI is InChI=1S/C14H28N2O/c1-3-13-6-7-16(10-12(2)9-15-13)11-14-5-4-8-17-14/h12-15H,3-11H2,1-2H3. The average Bonchev–Trinajstić information content (AvgIpc) is 2.79. The van der Waals surface area contributed by atoms with E-state index in [0.29, 0.717) is 12.1 Å². The summed E-state index contributed by atoms with van der Waals surface area (Å²) in [6, 6.07) is 0.713. The topological polar surface area (TPSA) is 24.5 Å². The highest BCUT2D eigenvalue weighted by atomic mass is 16.5. The summed E-state index contributed by atoms with van der Waals surface area (Å²) in [7, 11) is 0. The van der Waals surface area contributed by atoms with E-state index in [-0.39, 0.29) is 0 Å². The van der Waals surface area contributed by atoms with Crippen LogP contribution in [-0.4, -0.2) is 49.8 Å². The maximum atomic E-state index is 5.76. The average molecular weight is 240 g/mol. The zero-order valence-corrected chi connectivity index (χ0v) is 11.5.